The molecule has 1 aliphatic rings. The number of benzene rings is 1. The van der Waals surface area contributed by atoms with Crippen molar-refractivity contribution in [3.63, 3.8) is 0 Å². The highest BCUT2D eigenvalue weighted by atomic mass is 32.2. The Kier molecular flexibility index (Phi) is 7.82. The second kappa shape index (κ2) is 10.8. The number of thiazole rings is 1. The molecular weight excluding hydrogens is 454 g/mol. The van der Waals surface area contributed by atoms with E-state index in [9.17, 15) is 9.59 Å². The Morgan fingerprint density at radius 1 is 1.24 bits per heavy atom. The number of aryl methyl sites for hydroxylation is 1. The van der Waals surface area contributed by atoms with Gasteiger partial charge in [-0.25, -0.2) is 9.78 Å². The number of nitrogens with zero attached hydrogens (tertiary/aromatic N) is 4. The molecule has 2 heterocycles. The van der Waals surface area contributed by atoms with Crippen molar-refractivity contribution < 1.29 is 4.79 Å². The van der Waals surface area contributed by atoms with Gasteiger partial charge in [-0.2, -0.15) is 4.98 Å². The molecule has 0 spiro atoms. The zero-order valence-corrected chi connectivity index (χ0v) is 21.2. The Bertz CT molecular complexity index is 1200. The molecule has 4 rings (SSSR count). The van der Waals surface area contributed by atoms with E-state index >= 15 is 0 Å². The summed E-state index contributed by atoms with van der Waals surface area (Å²) in [5.74, 6) is 0.0764. The van der Waals surface area contributed by atoms with Gasteiger partial charge in [0.25, 0.3) is 0 Å². The molecule has 0 radical (unpaired) electrons. The molecule has 0 aliphatic heterocycles. The second-order valence-electron chi connectivity index (χ2n) is 8.34. The number of nitrogens with one attached hydrogen (secondary N) is 1. The van der Waals surface area contributed by atoms with Crippen molar-refractivity contribution in [3.8, 4) is 0 Å². The van der Waals surface area contributed by atoms with Crippen LogP contribution < -0.4 is 11.0 Å². The molecule has 1 aromatic carbocycles. The summed E-state index contributed by atoms with van der Waals surface area (Å²) in [5, 5.41) is 4.21. The van der Waals surface area contributed by atoms with E-state index in [-0.39, 0.29) is 17.3 Å². The molecular formula is C24H31N5O2S2. The third-order valence-electron chi connectivity index (χ3n) is 6.08. The van der Waals surface area contributed by atoms with Gasteiger partial charge in [0.2, 0.25) is 5.91 Å². The number of carbonyl (C=O) groups is 1. The maximum atomic E-state index is 12.8. The molecule has 3 aromatic rings. The number of rotatable bonds is 10. The highest BCUT2D eigenvalue weighted by Gasteiger charge is 2.22. The van der Waals surface area contributed by atoms with E-state index in [1.54, 1.807) is 0 Å². The van der Waals surface area contributed by atoms with Crippen LogP contribution in [0.3, 0.4) is 0 Å². The van der Waals surface area contributed by atoms with Crippen molar-refractivity contribution in [2.45, 2.75) is 58.0 Å². The Morgan fingerprint density at radius 2 is 2.06 bits per heavy atom. The summed E-state index contributed by atoms with van der Waals surface area (Å²) in [6.07, 6.45) is 3.79. The maximum Gasteiger partial charge on any atom is 0.348 e. The normalized spacial score (nSPS) is 13.1. The molecule has 0 saturated carbocycles. The van der Waals surface area contributed by atoms with Crippen LogP contribution in [0.2, 0.25) is 0 Å². The number of amides is 1. The van der Waals surface area contributed by atoms with Gasteiger partial charge in [0.05, 0.1) is 16.0 Å². The fourth-order valence-corrected chi connectivity index (χ4v) is 6.16. The van der Waals surface area contributed by atoms with Crippen molar-refractivity contribution in [2.24, 2.45) is 0 Å². The lowest BCUT2D eigenvalue weighted by molar-refractivity contribution is -0.113. The highest BCUT2D eigenvalue weighted by molar-refractivity contribution is 8.00. The fourth-order valence-electron chi connectivity index (χ4n) is 4.30. The molecule has 2 aromatic heterocycles. The Hall–Kier alpha value is -2.23. The number of thioether (sulfide) groups is 1. The van der Waals surface area contributed by atoms with E-state index in [0.717, 1.165) is 66.8 Å². The SMILES string of the molecule is CCN(CC)CCCn1c2c(c(SCC(=O)Nc3nc4ccc(C)cc4s3)nc1=O)CCC2. The molecule has 0 bridgehead atoms. The first-order valence-corrected chi connectivity index (χ1v) is 13.4. The molecule has 0 fully saturated rings. The number of fused-ring (bicyclic) bond motifs is 2. The summed E-state index contributed by atoms with van der Waals surface area (Å²) >= 11 is 2.83. The lowest BCUT2D eigenvalue weighted by Gasteiger charge is -2.19. The zero-order chi connectivity index (χ0) is 23.4. The standard InChI is InChI=1S/C24H31N5O2S2/c1-4-28(5-2)12-7-13-29-19-9-6-8-17(19)22(27-24(29)31)32-15-21(30)26-23-25-18-11-10-16(3)14-20(18)33-23/h10-11,14H,4-9,12-13,15H2,1-3H3,(H,25,26,30). The topological polar surface area (TPSA) is 80.1 Å². The molecule has 1 amide bonds. The van der Waals surface area contributed by atoms with Crippen molar-refractivity contribution in [3.05, 3.63) is 45.5 Å². The van der Waals surface area contributed by atoms with E-state index < -0.39 is 0 Å². The van der Waals surface area contributed by atoms with Gasteiger partial charge in [0.1, 0.15) is 5.03 Å². The minimum atomic E-state index is -0.195. The molecule has 0 atom stereocenters. The predicted molar refractivity (Wildman–Crippen MR) is 137 cm³/mol. The number of aromatic nitrogens is 3. The third kappa shape index (κ3) is 5.65. The van der Waals surface area contributed by atoms with Gasteiger partial charge in [0, 0.05) is 17.8 Å². The van der Waals surface area contributed by atoms with Crippen molar-refractivity contribution >= 4 is 44.4 Å². The molecule has 0 saturated heterocycles. The van der Waals surface area contributed by atoms with Gasteiger partial charge in [-0.05, 0) is 69.9 Å². The lowest BCUT2D eigenvalue weighted by Crippen LogP contribution is -2.30. The van der Waals surface area contributed by atoms with Crippen molar-refractivity contribution in [1.82, 2.24) is 19.4 Å². The van der Waals surface area contributed by atoms with Gasteiger partial charge < -0.3 is 10.2 Å². The first kappa shape index (κ1) is 23.9. The summed E-state index contributed by atoms with van der Waals surface area (Å²) in [5.41, 5.74) is 4.12. The molecule has 33 heavy (non-hydrogen) atoms. The summed E-state index contributed by atoms with van der Waals surface area (Å²) in [6.45, 7) is 10.1. The lowest BCUT2D eigenvalue weighted by atomic mass is 10.2. The summed E-state index contributed by atoms with van der Waals surface area (Å²) in [6, 6.07) is 6.05. The minimum absolute atomic E-state index is 0.132. The van der Waals surface area contributed by atoms with E-state index in [2.05, 4.69) is 40.1 Å². The van der Waals surface area contributed by atoms with Crippen LogP contribution in [0.15, 0.2) is 28.0 Å². The van der Waals surface area contributed by atoms with E-state index in [0.29, 0.717) is 16.7 Å². The number of carbonyl (C=O) groups excluding carboxylic acids is 1. The Balaban J connectivity index is 1.40. The van der Waals surface area contributed by atoms with Gasteiger partial charge in [-0.15, -0.1) is 0 Å². The molecule has 1 aliphatic carbocycles. The molecule has 9 heteroatoms. The Morgan fingerprint density at radius 3 is 2.85 bits per heavy atom. The van der Waals surface area contributed by atoms with Crippen molar-refractivity contribution in [2.75, 3.05) is 30.7 Å². The number of hydrogen-bond donors (Lipinski definition) is 1. The van der Waals surface area contributed by atoms with Gasteiger partial charge in [-0.3, -0.25) is 9.36 Å². The monoisotopic (exact) mass is 485 g/mol. The molecule has 176 valence electrons. The van der Waals surface area contributed by atoms with E-state index in [1.165, 1.54) is 28.7 Å². The fraction of sp³-hybridized carbons (Fsp3) is 0.500. The minimum Gasteiger partial charge on any atom is -0.304 e. The number of anilines is 1. The average molecular weight is 486 g/mol. The van der Waals surface area contributed by atoms with Crippen molar-refractivity contribution in [1.29, 1.82) is 0 Å². The van der Waals surface area contributed by atoms with Crippen LogP contribution in [0.5, 0.6) is 0 Å². The van der Waals surface area contributed by atoms with Crippen LogP contribution in [0, 0.1) is 6.92 Å². The highest BCUT2D eigenvalue weighted by Crippen LogP contribution is 2.30. The number of hydrogen-bond acceptors (Lipinski definition) is 7. The summed E-state index contributed by atoms with van der Waals surface area (Å²) in [4.78, 5) is 36.6. The summed E-state index contributed by atoms with van der Waals surface area (Å²) in [7, 11) is 0. The first-order valence-electron chi connectivity index (χ1n) is 11.6. The zero-order valence-electron chi connectivity index (χ0n) is 19.5. The molecule has 0 unspecified atom stereocenters. The van der Waals surface area contributed by atoms with Crippen LogP contribution in [0.4, 0.5) is 5.13 Å². The maximum absolute atomic E-state index is 12.8. The Labute approximate surface area is 202 Å². The van der Waals surface area contributed by atoms with Crippen LogP contribution >= 0.6 is 23.1 Å². The van der Waals surface area contributed by atoms with Gasteiger partial charge in [-0.1, -0.05) is 43.0 Å². The van der Waals surface area contributed by atoms with Crippen LogP contribution in [0.25, 0.3) is 10.2 Å². The average Bonchev–Trinajstić information content (AvgIpc) is 3.43. The smallest absolute Gasteiger partial charge is 0.304 e. The second-order valence-corrected chi connectivity index (χ2v) is 10.3. The van der Waals surface area contributed by atoms with Gasteiger partial charge in [0.15, 0.2) is 5.13 Å². The van der Waals surface area contributed by atoms with Gasteiger partial charge >= 0.3 is 5.69 Å². The first-order chi connectivity index (χ1) is 16.0. The van der Waals surface area contributed by atoms with E-state index in [4.69, 9.17) is 0 Å². The third-order valence-corrected chi connectivity index (χ3v) is 8.03. The molecule has 7 nitrogen and oxygen atoms in total. The summed E-state index contributed by atoms with van der Waals surface area (Å²) < 4.78 is 2.92. The van der Waals surface area contributed by atoms with Crippen LogP contribution in [-0.2, 0) is 24.2 Å². The van der Waals surface area contributed by atoms with E-state index in [1.807, 2.05) is 23.6 Å². The predicted octanol–water partition coefficient (Wildman–Crippen LogP) is 4.11. The molecule has 1 N–H and O–H groups in total. The van der Waals surface area contributed by atoms with Crippen LogP contribution in [0.1, 0.15) is 43.5 Å². The van der Waals surface area contributed by atoms with Crippen LogP contribution in [-0.4, -0.2) is 50.7 Å². The largest absolute Gasteiger partial charge is 0.348 e. The quantitative estimate of drug-likeness (QED) is 0.344.